The Kier molecular flexibility index (Phi) is 25.0. The number of carbonyl (C=O) groups excluding carboxylic acids is 5. The fourth-order valence-corrected chi connectivity index (χ4v) is 13.8. The van der Waals surface area contributed by atoms with E-state index in [9.17, 15) is 24.0 Å². The number of hydrogen-bond donors (Lipinski definition) is 7. The van der Waals surface area contributed by atoms with Crippen molar-refractivity contribution < 1.29 is 42.9 Å². The van der Waals surface area contributed by atoms with Crippen LogP contribution >= 0.6 is 0 Å². The summed E-state index contributed by atoms with van der Waals surface area (Å²) in [5.41, 5.74) is 16.1. The van der Waals surface area contributed by atoms with Crippen LogP contribution in [0.15, 0.2) is 146 Å². The molecular formula is C82H94N14O9. The molecule has 3 fully saturated rings. The van der Waals surface area contributed by atoms with Crippen molar-refractivity contribution in [2.45, 2.75) is 124 Å². The van der Waals surface area contributed by atoms with Crippen LogP contribution in [0.4, 0.5) is 11.4 Å². The highest BCUT2D eigenvalue weighted by Crippen LogP contribution is 2.36. The maximum Gasteiger partial charge on any atom is 0.251 e. The number of carbonyl (C=O) groups is 5. The van der Waals surface area contributed by atoms with E-state index in [0.29, 0.717) is 92.5 Å². The van der Waals surface area contributed by atoms with Crippen molar-refractivity contribution in [2.75, 3.05) is 77.5 Å². The summed E-state index contributed by atoms with van der Waals surface area (Å²) in [4.78, 5) is 77.6. The molecule has 23 heteroatoms. The zero-order chi connectivity index (χ0) is 73.2. The third-order valence-electron chi connectivity index (χ3n) is 19.6. The molecule has 105 heavy (non-hydrogen) atoms. The standard InChI is InChI=1S/C43H52N8O4.C39H42N6O5/c1-4-38-36(40(48-34-14-20-55-21-15-34)37-27-47-51(5-2)41(37)49-38)26-46-43(53)33-11-7-10-32(24-33)42(52)45-25-29-12-13-39(54-3)35(23-29)31-9-6-8-30(22-31)28-50-18-16-44-17-19-50;1-4-34-32(36(43-30-14-16-50-17-15-30)33-23-42-45(5-2)37(33)44-34)22-41-39(48)29-11-7-10-28(20-29)38(47)40-21-25-12-13-35(49-3)31(19-25)27-9-6-8-26(18-27)24-46/h6-13,22-24,27,34,44H,4-5,14-21,25-26,28H2,1-3H3,(H,45,52)(H,46,53)(H,48,49);6-13,18-20,23-24,30H,4-5,14-17,21-22H2,1-3H3,(H,40,47)(H,41,48)(H,43,44). The SMILES string of the molecule is CCc1nc2c(cnn2CC)c(NC2CCOCC2)c1CNC(=O)c1cccc(C(=O)NCc2ccc(OC)c(-c3cccc(C=O)c3)c2)c1.CCc1nc2c(cnn2CC)c(NC2CCOCC2)c1CNC(=O)c1cccc(C(=O)NCc2ccc(OC)c(-c3cccc(CN4CCNCC4)c3)c2)c1. The van der Waals surface area contributed by atoms with Gasteiger partial charge < -0.3 is 56.2 Å². The van der Waals surface area contributed by atoms with Crippen molar-refractivity contribution in [3.63, 3.8) is 0 Å². The Morgan fingerprint density at radius 1 is 0.514 bits per heavy atom. The minimum absolute atomic E-state index is 0.242. The molecule has 7 heterocycles. The molecule has 13 rings (SSSR count). The molecule has 3 saturated heterocycles. The van der Waals surface area contributed by atoms with Crippen LogP contribution in [-0.4, -0.2) is 143 Å². The molecule has 4 amide bonds. The van der Waals surface area contributed by atoms with Crippen LogP contribution in [0.3, 0.4) is 0 Å². The first-order valence-electron chi connectivity index (χ1n) is 36.5. The van der Waals surface area contributed by atoms with Gasteiger partial charge >= 0.3 is 0 Å². The summed E-state index contributed by atoms with van der Waals surface area (Å²) in [6.07, 6.45) is 9.49. The first-order chi connectivity index (χ1) is 51.3. The number of nitrogens with zero attached hydrogens (tertiary/aromatic N) is 7. The Labute approximate surface area is 612 Å². The molecule has 0 atom stereocenters. The second-order valence-corrected chi connectivity index (χ2v) is 26.4. The number of nitrogens with one attached hydrogen (secondary N) is 7. The van der Waals surface area contributed by atoms with Crippen LogP contribution in [0.1, 0.15) is 144 Å². The number of pyridine rings is 2. The number of rotatable bonds is 27. The van der Waals surface area contributed by atoms with Gasteiger partial charge in [-0.05, 0) is 153 Å². The largest absolute Gasteiger partial charge is 0.496 e. The average Bonchev–Trinajstić information content (AvgIpc) is 1.68. The van der Waals surface area contributed by atoms with Crippen LogP contribution in [-0.2, 0) is 68.1 Å². The number of aryl methyl sites for hydroxylation is 4. The predicted molar refractivity (Wildman–Crippen MR) is 408 cm³/mol. The van der Waals surface area contributed by atoms with E-state index in [1.807, 2.05) is 71.1 Å². The highest BCUT2D eigenvalue weighted by Gasteiger charge is 2.26. The normalized spacial score (nSPS) is 14.2. The molecule has 23 nitrogen and oxygen atoms in total. The van der Waals surface area contributed by atoms with Gasteiger partial charge in [-0.3, -0.25) is 28.9 Å². The molecule has 546 valence electrons. The molecule has 4 aromatic heterocycles. The van der Waals surface area contributed by atoms with Gasteiger partial charge in [0.15, 0.2) is 11.3 Å². The second kappa shape index (κ2) is 35.6. The number of aromatic nitrogens is 6. The third-order valence-corrected chi connectivity index (χ3v) is 19.6. The van der Waals surface area contributed by atoms with Gasteiger partial charge in [0.05, 0.1) is 48.8 Å². The lowest BCUT2D eigenvalue weighted by Crippen LogP contribution is -2.42. The smallest absolute Gasteiger partial charge is 0.251 e. The molecular weight excluding hydrogens is 1320 g/mol. The van der Waals surface area contributed by atoms with Gasteiger partial charge in [0, 0.05) is 172 Å². The van der Waals surface area contributed by atoms with Crippen molar-refractivity contribution in [2.24, 2.45) is 0 Å². The van der Waals surface area contributed by atoms with E-state index in [4.69, 9.17) is 28.9 Å². The number of benzene rings is 6. The Morgan fingerprint density at radius 2 is 0.943 bits per heavy atom. The molecule has 0 bridgehead atoms. The number of hydrogen-bond acceptors (Lipinski definition) is 17. The Hall–Kier alpha value is -10.9. The van der Waals surface area contributed by atoms with E-state index in [2.05, 4.69) is 103 Å². The van der Waals surface area contributed by atoms with Gasteiger partial charge in [0.25, 0.3) is 23.6 Å². The van der Waals surface area contributed by atoms with E-state index >= 15 is 0 Å². The summed E-state index contributed by atoms with van der Waals surface area (Å²) in [7, 11) is 3.27. The number of fused-ring (bicyclic) bond motifs is 2. The summed E-state index contributed by atoms with van der Waals surface area (Å²) in [6.45, 7) is 18.6. The summed E-state index contributed by atoms with van der Waals surface area (Å²) in [5.74, 6) is 0.309. The highest BCUT2D eigenvalue weighted by molar-refractivity contribution is 6.01. The van der Waals surface area contributed by atoms with Crippen LogP contribution in [0, 0.1) is 0 Å². The number of anilines is 2. The average molecular weight is 1420 g/mol. The van der Waals surface area contributed by atoms with E-state index in [1.54, 1.807) is 74.9 Å². The number of piperazine rings is 1. The lowest BCUT2D eigenvalue weighted by atomic mass is 9.99. The summed E-state index contributed by atoms with van der Waals surface area (Å²) in [6, 6.07) is 41.5. The minimum atomic E-state index is -0.307. The topological polar surface area (TPSA) is 271 Å². The fourth-order valence-electron chi connectivity index (χ4n) is 13.8. The highest BCUT2D eigenvalue weighted by atomic mass is 16.5. The number of amides is 4. The van der Waals surface area contributed by atoms with Crippen LogP contribution in [0.25, 0.3) is 44.3 Å². The van der Waals surface area contributed by atoms with Crippen molar-refractivity contribution in [1.29, 1.82) is 0 Å². The van der Waals surface area contributed by atoms with Gasteiger partial charge in [-0.15, -0.1) is 0 Å². The molecule has 0 spiro atoms. The first kappa shape index (κ1) is 73.9. The van der Waals surface area contributed by atoms with Gasteiger partial charge in [-0.1, -0.05) is 74.5 Å². The first-order valence-corrected chi connectivity index (χ1v) is 36.5. The number of methoxy groups -OCH3 is 2. The monoisotopic (exact) mass is 1420 g/mol. The molecule has 0 aliphatic carbocycles. The van der Waals surface area contributed by atoms with Gasteiger partial charge in [-0.25, -0.2) is 19.3 Å². The van der Waals surface area contributed by atoms with Crippen LogP contribution < -0.4 is 46.7 Å². The van der Waals surface area contributed by atoms with Gasteiger partial charge in [0.1, 0.15) is 17.8 Å². The third kappa shape index (κ3) is 18.0. The number of ether oxygens (including phenoxy) is 4. The van der Waals surface area contributed by atoms with Crippen molar-refractivity contribution in [1.82, 2.24) is 61.0 Å². The van der Waals surface area contributed by atoms with Gasteiger partial charge in [0.2, 0.25) is 0 Å². The van der Waals surface area contributed by atoms with Crippen molar-refractivity contribution >= 4 is 63.4 Å². The lowest BCUT2D eigenvalue weighted by Gasteiger charge is -2.27. The molecule has 3 aliphatic heterocycles. The minimum Gasteiger partial charge on any atom is -0.496 e. The number of aldehydes is 1. The van der Waals surface area contributed by atoms with Crippen molar-refractivity contribution in [3.05, 3.63) is 213 Å². The summed E-state index contributed by atoms with van der Waals surface area (Å²) in [5, 5.41) is 34.2. The maximum atomic E-state index is 13.6. The summed E-state index contributed by atoms with van der Waals surface area (Å²) >= 11 is 0. The zero-order valence-corrected chi connectivity index (χ0v) is 60.7. The predicted octanol–water partition coefficient (Wildman–Crippen LogP) is 11.5. The molecule has 10 aromatic rings. The van der Waals surface area contributed by atoms with Crippen LogP contribution in [0.2, 0.25) is 0 Å². The van der Waals surface area contributed by atoms with E-state index in [-0.39, 0.29) is 55.3 Å². The maximum absolute atomic E-state index is 13.6. The zero-order valence-electron chi connectivity index (χ0n) is 60.7. The van der Waals surface area contributed by atoms with Gasteiger partial charge in [-0.2, -0.15) is 10.2 Å². The fraction of sp³-hybridized carbons (Fsp3) is 0.354. The molecule has 0 unspecified atom stereocenters. The Balaban J connectivity index is 0.000000198. The molecule has 0 radical (unpaired) electrons. The van der Waals surface area contributed by atoms with E-state index < -0.39 is 0 Å². The van der Waals surface area contributed by atoms with Crippen LogP contribution in [0.5, 0.6) is 11.5 Å². The summed E-state index contributed by atoms with van der Waals surface area (Å²) < 4.78 is 26.3. The quantitative estimate of drug-likeness (QED) is 0.0236. The second-order valence-electron chi connectivity index (χ2n) is 26.4. The van der Waals surface area contributed by atoms with E-state index in [0.717, 1.165) is 160 Å². The molecule has 0 saturated carbocycles. The molecule has 6 aromatic carbocycles. The van der Waals surface area contributed by atoms with E-state index in [1.165, 1.54) is 5.56 Å². The Morgan fingerprint density at radius 3 is 1.37 bits per heavy atom. The molecule has 3 aliphatic rings. The molecule has 7 N–H and O–H groups in total. The Bertz CT molecular complexity index is 4720. The van der Waals surface area contributed by atoms with Crippen molar-refractivity contribution in [3.8, 4) is 33.8 Å². The lowest BCUT2D eigenvalue weighted by molar-refractivity contribution is 0.0903.